The van der Waals surface area contributed by atoms with E-state index in [1.165, 1.54) is 0 Å². The van der Waals surface area contributed by atoms with E-state index in [9.17, 15) is 9.59 Å². The minimum absolute atomic E-state index is 0.142. The molecule has 7 rings (SSSR count). The number of fused-ring (bicyclic) bond motifs is 2. The number of nitrogens with zero attached hydrogens (tertiary/aromatic N) is 2. The van der Waals surface area contributed by atoms with Crippen molar-refractivity contribution in [1.82, 2.24) is 0 Å². The van der Waals surface area contributed by atoms with Crippen molar-refractivity contribution in [1.29, 1.82) is 0 Å². The van der Waals surface area contributed by atoms with Gasteiger partial charge in [-0.05, 0) is 88.3 Å². The van der Waals surface area contributed by atoms with Crippen LogP contribution in [0.3, 0.4) is 0 Å². The van der Waals surface area contributed by atoms with Gasteiger partial charge in [0.15, 0.2) is 0 Å². The summed E-state index contributed by atoms with van der Waals surface area (Å²) < 4.78 is 22.2. The van der Waals surface area contributed by atoms with Gasteiger partial charge in [0.05, 0.1) is 38.6 Å². The lowest BCUT2D eigenvalue weighted by Crippen LogP contribution is -2.28. The molecule has 0 spiro atoms. The zero-order chi connectivity index (χ0) is 31.6. The first kappa shape index (κ1) is 29.8. The Morgan fingerprint density at radius 2 is 1.02 bits per heavy atom. The molecular weight excluding hydrogens is 580 g/mol. The molecule has 2 aliphatic heterocycles. The number of amides is 2. The second-order valence-electron chi connectivity index (χ2n) is 11.9. The van der Waals surface area contributed by atoms with Gasteiger partial charge in [0, 0.05) is 49.4 Å². The summed E-state index contributed by atoms with van der Waals surface area (Å²) in [4.78, 5) is 30.3. The number of carbonyl (C=O) groups excluding carboxylic acids is 2. The number of carbonyl (C=O) groups is 2. The van der Waals surface area contributed by atoms with Crippen LogP contribution in [0, 0.1) is 0 Å². The van der Waals surface area contributed by atoms with Crippen molar-refractivity contribution in [2.24, 2.45) is 0 Å². The quantitative estimate of drug-likeness (QED) is 0.142. The van der Waals surface area contributed by atoms with Gasteiger partial charge < -0.3 is 28.7 Å². The van der Waals surface area contributed by atoms with Crippen LogP contribution >= 0.6 is 0 Å². The van der Waals surface area contributed by atoms with Gasteiger partial charge in [-0.15, -0.1) is 0 Å². The molecule has 2 fully saturated rings. The fraction of sp³-hybridized carbons (Fsp3) is 0.263. The highest BCUT2D eigenvalue weighted by Crippen LogP contribution is 2.28. The Kier molecular flexibility index (Phi) is 8.30. The molecule has 0 aromatic heterocycles. The predicted molar refractivity (Wildman–Crippen MR) is 180 cm³/mol. The summed E-state index contributed by atoms with van der Waals surface area (Å²) in [6.07, 6.45) is 2.46. The maximum absolute atomic E-state index is 13.5. The lowest BCUT2D eigenvalue weighted by Gasteiger charge is -2.22. The Morgan fingerprint density at radius 1 is 0.609 bits per heavy atom. The summed E-state index contributed by atoms with van der Waals surface area (Å²) in [6, 6.07) is 30.6. The van der Waals surface area contributed by atoms with Gasteiger partial charge in [0.2, 0.25) is 0 Å². The fourth-order valence-electron chi connectivity index (χ4n) is 5.51. The van der Waals surface area contributed by atoms with Crippen LogP contribution in [-0.4, -0.2) is 64.5 Å². The first-order chi connectivity index (χ1) is 22.4. The molecule has 8 heteroatoms. The maximum atomic E-state index is 13.5. The molecule has 8 nitrogen and oxygen atoms in total. The number of anilines is 2. The van der Waals surface area contributed by atoms with Crippen molar-refractivity contribution in [2.45, 2.75) is 25.0 Å². The van der Waals surface area contributed by atoms with Crippen LogP contribution in [0.25, 0.3) is 21.5 Å². The summed E-state index contributed by atoms with van der Waals surface area (Å²) in [5.41, 5.74) is 2.52. The highest BCUT2D eigenvalue weighted by atomic mass is 16.6. The molecule has 5 aromatic rings. The van der Waals surface area contributed by atoms with E-state index in [0.29, 0.717) is 47.9 Å². The molecule has 234 valence electrons. The minimum Gasteiger partial charge on any atom is -0.493 e. The van der Waals surface area contributed by atoms with E-state index in [1.807, 2.05) is 97.1 Å². The molecule has 2 saturated heterocycles. The van der Waals surface area contributed by atoms with Gasteiger partial charge in [-0.25, -0.2) is 0 Å². The van der Waals surface area contributed by atoms with E-state index in [-0.39, 0.29) is 11.8 Å². The van der Waals surface area contributed by atoms with Crippen LogP contribution in [0.1, 0.15) is 33.6 Å². The van der Waals surface area contributed by atoms with Crippen molar-refractivity contribution in [3.8, 4) is 11.5 Å². The Bertz CT molecular complexity index is 1780. The van der Waals surface area contributed by atoms with Crippen LogP contribution in [0.4, 0.5) is 11.4 Å². The molecule has 0 bridgehead atoms. The number of ether oxygens (including phenoxy) is 4. The van der Waals surface area contributed by atoms with Gasteiger partial charge in [0.25, 0.3) is 11.8 Å². The topological polar surface area (TPSA) is 84.1 Å². The molecule has 2 atom stereocenters. The van der Waals surface area contributed by atoms with Crippen LogP contribution < -0.4 is 19.3 Å². The number of epoxide rings is 2. The van der Waals surface area contributed by atoms with Crippen LogP contribution in [-0.2, 0) is 9.47 Å². The van der Waals surface area contributed by atoms with E-state index >= 15 is 0 Å². The molecule has 2 aliphatic rings. The zero-order valence-electron chi connectivity index (χ0n) is 26.0. The molecular formula is C38H36N2O6. The monoisotopic (exact) mass is 616 g/mol. The van der Waals surface area contributed by atoms with Gasteiger partial charge in [0.1, 0.15) is 11.5 Å². The van der Waals surface area contributed by atoms with Crippen molar-refractivity contribution >= 4 is 44.7 Å². The molecule has 0 aliphatic carbocycles. The predicted octanol–water partition coefficient (Wildman–Crippen LogP) is 6.88. The van der Waals surface area contributed by atoms with E-state index in [1.54, 1.807) is 23.9 Å². The van der Waals surface area contributed by atoms with E-state index in [2.05, 4.69) is 0 Å². The summed E-state index contributed by atoms with van der Waals surface area (Å²) >= 11 is 0. The van der Waals surface area contributed by atoms with Gasteiger partial charge >= 0.3 is 0 Å². The highest BCUT2D eigenvalue weighted by Gasteiger charge is 2.23. The van der Waals surface area contributed by atoms with E-state index < -0.39 is 0 Å². The summed E-state index contributed by atoms with van der Waals surface area (Å²) in [5, 5.41) is 3.92. The SMILES string of the molecule is CN(C(=O)c1ccc2cc(OCCC3CO3)ccc2c1)c1cccc(N(C)C(=O)c2ccc3cc(OCCC4CO4)ccc3c2)c1. The number of hydrogen-bond donors (Lipinski definition) is 0. The number of rotatable bonds is 12. The Hall–Kier alpha value is -4.92. The minimum atomic E-state index is -0.142. The van der Waals surface area contributed by atoms with Crippen LogP contribution in [0.15, 0.2) is 97.1 Å². The van der Waals surface area contributed by atoms with E-state index in [0.717, 1.165) is 59.1 Å². The third kappa shape index (κ3) is 6.83. The molecule has 0 N–H and O–H groups in total. The molecule has 46 heavy (non-hydrogen) atoms. The lowest BCUT2D eigenvalue weighted by molar-refractivity contribution is 0.0986. The first-order valence-corrected chi connectivity index (χ1v) is 15.6. The normalized spacial score (nSPS) is 16.7. The van der Waals surface area contributed by atoms with Crippen molar-refractivity contribution in [3.05, 3.63) is 108 Å². The second kappa shape index (κ2) is 12.8. The molecule has 2 unspecified atom stereocenters. The molecule has 2 amide bonds. The molecule has 0 saturated carbocycles. The van der Waals surface area contributed by atoms with Crippen molar-refractivity contribution < 1.29 is 28.5 Å². The highest BCUT2D eigenvalue weighted by molar-refractivity contribution is 6.10. The summed E-state index contributed by atoms with van der Waals surface area (Å²) in [7, 11) is 3.49. The fourth-order valence-corrected chi connectivity index (χ4v) is 5.51. The molecule has 0 radical (unpaired) electrons. The standard InChI is InChI=1S/C38H36N2O6/c1-39(37(41)29-8-6-27-20-33(12-10-25(27)18-29)43-16-14-35-23-45-35)31-4-3-5-32(22-31)40(2)38(42)30-9-7-28-21-34(13-11-26(28)19-30)44-17-15-36-24-46-36/h3-13,18-22,35-36H,14-17,23-24H2,1-2H3. The largest absolute Gasteiger partial charge is 0.493 e. The second-order valence-corrected chi connectivity index (χ2v) is 11.9. The van der Waals surface area contributed by atoms with E-state index in [4.69, 9.17) is 18.9 Å². The molecule has 5 aromatic carbocycles. The van der Waals surface area contributed by atoms with Crippen molar-refractivity contribution in [2.75, 3.05) is 50.3 Å². The Labute approximate surface area is 268 Å². The Morgan fingerprint density at radius 3 is 1.46 bits per heavy atom. The number of hydrogen-bond acceptors (Lipinski definition) is 6. The van der Waals surface area contributed by atoms with Gasteiger partial charge in [-0.2, -0.15) is 0 Å². The number of benzene rings is 5. The Balaban J connectivity index is 1.02. The van der Waals surface area contributed by atoms with Crippen molar-refractivity contribution in [3.63, 3.8) is 0 Å². The molecule has 2 heterocycles. The van der Waals surface area contributed by atoms with Gasteiger partial charge in [-0.1, -0.05) is 30.3 Å². The maximum Gasteiger partial charge on any atom is 0.258 e. The average molecular weight is 617 g/mol. The third-order valence-electron chi connectivity index (χ3n) is 8.55. The smallest absolute Gasteiger partial charge is 0.258 e. The van der Waals surface area contributed by atoms with Gasteiger partial charge in [-0.3, -0.25) is 9.59 Å². The van der Waals surface area contributed by atoms with Crippen LogP contribution in [0.2, 0.25) is 0 Å². The lowest BCUT2D eigenvalue weighted by atomic mass is 10.1. The third-order valence-corrected chi connectivity index (χ3v) is 8.55. The average Bonchev–Trinajstić information content (AvgIpc) is 4.04. The summed E-state index contributed by atoms with van der Waals surface area (Å²) in [6.45, 7) is 2.89. The first-order valence-electron chi connectivity index (χ1n) is 15.6. The van der Waals surface area contributed by atoms with Crippen LogP contribution in [0.5, 0.6) is 11.5 Å². The zero-order valence-corrected chi connectivity index (χ0v) is 26.0. The summed E-state index contributed by atoms with van der Waals surface area (Å²) in [5.74, 6) is 1.32.